The minimum atomic E-state index is -1.74. The molecule has 0 saturated carbocycles. The van der Waals surface area contributed by atoms with Gasteiger partial charge in [0.25, 0.3) is 17.6 Å². The Hall–Kier alpha value is -3.65. The van der Waals surface area contributed by atoms with Gasteiger partial charge in [-0.3, -0.25) is 14.4 Å². The van der Waals surface area contributed by atoms with Gasteiger partial charge in [0.2, 0.25) is 0 Å². The number of ether oxygens (including phenoxy) is 2. The minimum Gasteiger partial charge on any atom is -0.507 e. The summed E-state index contributed by atoms with van der Waals surface area (Å²) >= 11 is 0. The van der Waals surface area contributed by atoms with Crippen LogP contribution in [0.1, 0.15) is 30.0 Å². The predicted molar refractivity (Wildman–Crippen MR) is 125 cm³/mol. The van der Waals surface area contributed by atoms with Gasteiger partial charge < -0.3 is 24.4 Å². The fraction of sp³-hybridized carbons (Fsp3) is 0.346. The number of benzene rings is 2. The monoisotopic (exact) mass is 462 g/mol. The summed E-state index contributed by atoms with van der Waals surface area (Å²) in [4.78, 5) is 43.4. The van der Waals surface area contributed by atoms with Crippen molar-refractivity contribution in [1.82, 2.24) is 4.90 Å². The van der Waals surface area contributed by atoms with Crippen molar-refractivity contribution in [2.75, 3.05) is 32.2 Å². The minimum absolute atomic E-state index is 0.00860. The molecule has 1 N–H and O–H groups in total. The first-order chi connectivity index (χ1) is 16.3. The lowest BCUT2D eigenvalue weighted by atomic mass is 9.81. The molecule has 0 aromatic heterocycles. The molecule has 3 heterocycles. The standard InChI is InChI=1S/C26H26N2O6/c1-15-13-17-14-16(9-10-20(17)34-15)22(29)21-23(30)24(31)28(11-6-12-33-3)26(21)18-7-4-5-8-19(18)27(2)25(26)32/h4-5,7-10,14-15,29H,6,11-13H2,1-3H3/t15-,26-/m1/s1. The topological polar surface area (TPSA) is 96.4 Å². The number of hydrogen-bond donors (Lipinski definition) is 1. The zero-order chi connectivity index (χ0) is 24.2. The van der Waals surface area contributed by atoms with Gasteiger partial charge in [-0.1, -0.05) is 18.2 Å². The molecule has 0 unspecified atom stereocenters. The van der Waals surface area contributed by atoms with E-state index in [0.29, 0.717) is 36.3 Å². The van der Waals surface area contributed by atoms with Crippen molar-refractivity contribution >= 4 is 29.0 Å². The number of fused-ring (bicyclic) bond motifs is 3. The van der Waals surface area contributed by atoms with E-state index < -0.39 is 23.1 Å². The number of carbonyl (C=O) groups excluding carboxylic acids is 3. The lowest BCUT2D eigenvalue weighted by Gasteiger charge is -2.34. The van der Waals surface area contributed by atoms with Crippen LogP contribution in [0.3, 0.4) is 0 Å². The van der Waals surface area contributed by atoms with Crippen LogP contribution >= 0.6 is 0 Å². The van der Waals surface area contributed by atoms with E-state index in [-0.39, 0.29) is 24.0 Å². The Kier molecular flexibility index (Phi) is 5.20. The molecule has 176 valence electrons. The second kappa shape index (κ2) is 7.99. The van der Waals surface area contributed by atoms with Gasteiger partial charge in [0.1, 0.15) is 17.6 Å². The van der Waals surface area contributed by atoms with Gasteiger partial charge in [0.15, 0.2) is 5.54 Å². The highest BCUT2D eigenvalue weighted by molar-refractivity contribution is 6.50. The Morgan fingerprint density at radius 3 is 2.74 bits per heavy atom. The maximum Gasteiger partial charge on any atom is 0.296 e. The number of rotatable bonds is 5. The molecule has 1 fully saturated rings. The summed E-state index contributed by atoms with van der Waals surface area (Å²) in [6.45, 7) is 2.43. The summed E-state index contributed by atoms with van der Waals surface area (Å²) in [7, 11) is 3.16. The Morgan fingerprint density at radius 2 is 1.97 bits per heavy atom. The van der Waals surface area contributed by atoms with Crippen molar-refractivity contribution < 1.29 is 29.0 Å². The first kappa shape index (κ1) is 22.2. The maximum absolute atomic E-state index is 13.9. The number of aliphatic hydroxyl groups is 1. The van der Waals surface area contributed by atoms with Crippen LogP contribution in [0.5, 0.6) is 5.75 Å². The SMILES string of the molecule is COCCCN1C(=O)C(=O)C(=C(O)c2ccc3c(c2)C[C@@H](C)O3)[C@]12C(=O)N(C)c1ccccc12. The number of aliphatic hydroxyl groups excluding tert-OH is 1. The predicted octanol–water partition coefficient (Wildman–Crippen LogP) is 2.60. The van der Waals surface area contributed by atoms with E-state index >= 15 is 0 Å². The molecule has 1 spiro atoms. The molecule has 2 aromatic carbocycles. The molecule has 2 aromatic rings. The number of para-hydroxylation sites is 1. The Balaban J connectivity index is 1.75. The van der Waals surface area contributed by atoms with Crippen LogP contribution < -0.4 is 9.64 Å². The van der Waals surface area contributed by atoms with Crippen LogP contribution in [0.15, 0.2) is 48.0 Å². The number of carbonyl (C=O) groups is 3. The molecular weight excluding hydrogens is 436 g/mol. The number of nitrogens with zero attached hydrogens (tertiary/aromatic N) is 2. The second-order valence-electron chi connectivity index (χ2n) is 8.90. The molecule has 8 heteroatoms. The summed E-state index contributed by atoms with van der Waals surface area (Å²) in [6, 6.07) is 12.2. The molecule has 34 heavy (non-hydrogen) atoms. The summed E-state index contributed by atoms with van der Waals surface area (Å²) in [6.07, 6.45) is 1.10. The third kappa shape index (κ3) is 2.91. The van der Waals surface area contributed by atoms with Crippen LogP contribution in [0.4, 0.5) is 5.69 Å². The van der Waals surface area contributed by atoms with Crippen molar-refractivity contribution in [1.29, 1.82) is 0 Å². The summed E-state index contributed by atoms with van der Waals surface area (Å²) in [5, 5.41) is 11.5. The molecular formula is C26H26N2O6. The van der Waals surface area contributed by atoms with Gasteiger partial charge in [-0.2, -0.15) is 0 Å². The van der Waals surface area contributed by atoms with E-state index in [2.05, 4.69) is 0 Å². The van der Waals surface area contributed by atoms with Gasteiger partial charge >= 0.3 is 0 Å². The van der Waals surface area contributed by atoms with E-state index in [1.165, 1.54) is 9.80 Å². The van der Waals surface area contributed by atoms with Gasteiger partial charge in [0, 0.05) is 50.5 Å². The third-order valence-corrected chi connectivity index (χ3v) is 6.84. The Bertz CT molecular complexity index is 1250. The zero-order valence-corrected chi connectivity index (χ0v) is 19.3. The molecule has 2 amide bonds. The average molecular weight is 463 g/mol. The highest BCUT2D eigenvalue weighted by atomic mass is 16.5. The smallest absolute Gasteiger partial charge is 0.296 e. The zero-order valence-electron chi connectivity index (χ0n) is 19.3. The van der Waals surface area contributed by atoms with Crippen LogP contribution in [0.25, 0.3) is 5.76 Å². The van der Waals surface area contributed by atoms with Crippen LogP contribution in [0, 0.1) is 0 Å². The second-order valence-corrected chi connectivity index (χ2v) is 8.90. The molecule has 2 atom stereocenters. The molecule has 3 aliphatic heterocycles. The molecule has 1 saturated heterocycles. The summed E-state index contributed by atoms with van der Waals surface area (Å²) in [5.74, 6) is -1.79. The number of hydrogen-bond acceptors (Lipinski definition) is 6. The first-order valence-corrected chi connectivity index (χ1v) is 11.3. The lowest BCUT2D eigenvalue weighted by molar-refractivity contribution is -0.143. The molecule has 8 nitrogen and oxygen atoms in total. The van der Waals surface area contributed by atoms with Crippen molar-refractivity contribution in [3.8, 4) is 5.75 Å². The quantitative estimate of drug-likeness (QED) is 0.318. The molecule has 0 aliphatic carbocycles. The molecule has 5 rings (SSSR count). The number of methoxy groups -OCH3 is 1. The number of amides is 2. The van der Waals surface area contributed by atoms with Crippen LogP contribution in [-0.2, 0) is 31.1 Å². The van der Waals surface area contributed by atoms with Crippen LogP contribution in [0.2, 0.25) is 0 Å². The average Bonchev–Trinajstić information content (AvgIpc) is 3.39. The van der Waals surface area contributed by atoms with Gasteiger partial charge in [-0.15, -0.1) is 0 Å². The van der Waals surface area contributed by atoms with Crippen molar-refractivity contribution in [2.24, 2.45) is 0 Å². The number of likely N-dealkylation sites (N-methyl/N-ethyl adjacent to an activating group) is 1. The third-order valence-electron chi connectivity index (χ3n) is 6.84. The first-order valence-electron chi connectivity index (χ1n) is 11.3. The van der Waals surface area contributed by atoms with E-state index in [1.54, 1.807) is 56.6 Å². The normalized spacial score (nSPS) is 24.7. The number of Topliss-reactive ketones (excluding diaryl/α,β-unsaturated/α-hetero) is 1. The number of likely N-dealkylation sites (tertiary alicyclic amines) is 1. The van der Waals surface area contributed by atoms with E-state index in [4.69, 9.17) is 9.47 Å². The summed E-state index contributed by atoms with van der Waals surface area (Å²) in [5.41, 5.74) is 0.413. The van der Waals surface area contributed by atoms with Crippen molar-refractivity contribution in [3.05, 3.63) is 64.7 Å². The number of ketones is 1. The summed E-state index contributed by atoms with van der Waals surface area (Å²) < 4.78 is 10.9. The van der Waals surface area contributed by atoms with E-state index in [1.807, 2.05) is 6.92 Å². The van der Waals surface area contributed by atoms with Crippen LogP contribution in [-0.4, -0.2) is 61.0 Å². The Morgan fingerprint density at radius 1 is 1.21 bits per heavy atom. The highest BCUT2D eigenvalue weighted by Crippen LogP contribution is 2.53. The lowest BCUT2D eigenvalue weighted by Crippen LogP contribution is -2.51. The van der Waals surface area contributed by atoms with Gasteiger partial charge in [0.05, 0.1) is 5.57 Å². The van der Waals surface area contributed by atoms with Crippen molar-refractivity contribution in [3.63, 3.8) is 0 Å². The fourth-order valence-corrected chi connectivity index (χ4v) is 5.35. The van der Waals surface area contributed by atoms with Crippen molar-refractivity contribution in [2.45, 2.75) is 31.4 Å². The van der Waals surface area contributed by atoms with Gasteiger partial charge in [-0.25, -0.2) is 0 Å². The molecule has 3 aliphatic rings. The number of anilines is 1. The largest absolute Gasteiger partial charge is 0.507 e. The highest BCUT2D eigenvalue weighted by Gasteiger charge is 2.66. The maximum atomic E-state index is 13.9. The van der Waals surface area contributed by atoms with Gasteiger partial charge in [-0.05, 0) is 43.2 Å². The molecule has 0 radical (unpaired) electrons. The molecule has 0 bridgehead atoms. The Labute approximate surface area is 197 Å². The van der Waals surface area contributed by atoms with E-state index in [9.17, 15) is 19.5 Å². The fourth-order valence-electron chi connectivity index (χ4n) is 5.35. The van der Waals surface area contributed by atoms with E-state index in [0.717, 1.165) is 11.3 Å².